The van der Waals surface area contributed by atoms with Gasteiger partial charge in [-0.3, -0.25) is 4.79 Å². The van der Waals surface area contributed by atoms with Gasteiger partial charge in [-0.15, -0.1) is 0 Å². The van der Waals surface area contributed by atoms with Gasteiger partial charge in [-0.2, -0.15) is 0 Å². The van der Waals surface area contributed by atoms with Crippen LogP contribution in [0.2, 0.25) is 0 Å². The lowest BCUT2D eigenvalue weighted by atomic mass is 10.1. The van der Waals surface area contributed by atoms with Gasteiger partial charge in [-0.1, -0.05) is 30.3 Å². The lowest BCUT2D eigenvalue weighted by molar-refractivity contribution is -0.122. The largest absolute Gasteiger partial charge is 0.481 e. The second kappa shape index (κ2) is 6.24. The first-order valence-corrected chi connectivity index (χ1v) is 6.66. The Labute approximate surface area is 119 Å². The van der Waals surface area contributed by atoms with Crippen molar-refractivity contribution in [3.05, 3.63) is 59.7 Å². The van der Waals surface area contributed by atoms with Gasteiger partial charge in [0, 0.05) is 5.69 Å². The van der Waals surface area contributed by atoms with E-state index in [9.17, 15) is 4.79 Å². The molecule has 3 heteroatoms. The Morgan fingerprint density at radius 1 is 1.05 bits per heavy atom. The molecule has 0 aliphatic heterocycles. The highest BCUT2D eigenvalue weighted by molar-refractivity contribution is 5.94. The molecule has 1 amide bonds. The molecule has 104 valence electrons. The van der Waals surface area contributed by atoms with E-state index < -0.39 is 6.10 Å². The molecule has 0 saturated carbocycles. The van der Waals surface area contributed by atoms with Gasteiger partial charge in [0.15, 0.2) is 6.10 Å². The molecule has 0 saturated heterocycles. The molecule has 2 aromatic rings. The number of carbonyl (C=O) groups is 1. The van der Waals surface area contributed by atoms with Crippen molar-refractivity contribution in [1.82, 2.24) is 0 Å². The van der Waals surface area contributed by atoms with Crippen LogP contribution in [-0.4, -0.2) is 12.0 Å². The highest BCUT2D eigenvalue weighted by Crippen LogP contribution is 2.19. The first-order valence-electron chi connectivity index (χ1n) is 6.66. The standard InChI is InChI=1S/C17H19NO2/c1-12-8-7-11-16(13(12)2)18-17(19)14(3)20-15-9-5-4-6-10-15/h4-11,14H,1-3H3,(H,18,19)/t14-/m0/s1. The van der Waals surface area contributed by atoms with Crippen LogP contribution in [0.1, 0.15) is 18.1 Å². The lowest BCUT2D eigenvalue weighted by Crippen LogP contribution is -2.30. The maximum Gasteiger partial charge on any atom is 0.265 e. The number of hydrogen-bond donors (Lipinski definition) is 1. The predicted molar refractivity (Wildman–Crippen MR) is 81.1 cm³/mol. The average molecular weight is 269 g/mol. The fourth-order valence-corrected chi connectivity index (χ4v) is 1.88. The van der Waals surface area contributed by atoms with Crippen LogP contribution in [0, 0.1) is 13.8 Å². The minimum atomic E-state index is -0.544. The summed E-state index contributed by atoms with van der Waals surface area (Å²) in [5, 5.41) is 2.91. The van der Waals surface area contributed by atoms with E-state index in [1.807, 2.05) is 62.4 Å². The van der Waals surface area contributed by atoms with Gasteiger partial charge < -0.3 is 10.1 Å². The van der Waals surface area contributed by atoms with Gasteiger partial charge in [-0.05, 0) is 50.1 Å². The number of nitrogens with one attached hydrogen (secondary N) is 1. The molecule has 2 aromatic carbocycles. The van der Waals surface area contributed by atoms with Crippen LogP contribution in [0.3, 0.4) is 0 Å². The van der Waals surface area contributed by atoms with E-state index in [4.69, 9.17) is 4.74 Å². The van der Waals surface area contributed by atoms with Crippen molar-refractivity contribution >= 4 is 11.6 Å². The van der Waals surface area contributed by atoms with E-state index in [-0.39, 0.29) is 5.91 Å². The number of hydrogen-bond acceptors (Lipinski definition) is 2. The summed E-state index contributed by atoms with van der Waals surface area (Å²) in [5.74, 6) is 0.540. The summed E-state index contributed by atoms with van der Waals surface area (Å²) in [6.07, 6.45) is -0.544. The molecular weight excluding hydrogens is 250 g/mol. The summed E-state index contributed by atoms with van der Waals surface area (Å²) in [5.41, 5.74) is 3.06. The number of rotatable bonds is 4. The Bertz CT molecular complexity index is 593. The van der Waals surface area contributed by atoms with Crippen molar-refractivity contribution in [2.24, 2.45) is 0 Å². The molecule has 0 bridgehead atoms. The van der Waals surface area contributed by atoms with E-state index in [0.29, 0.717) is 5.75 Å². The van der Waals surface area contributed by atoms with Crippen molar-refractivity contribution in [1.29, 1.82) is 0 Å². The number of para-hydroxylation sites is 1. The summed E-state index contributed by atoms with van der Waals surface area (Å²) < 4.78 is 5.61. The Morgan fingerprint density at radius 2 is 1.75 bits per heavy atom. The van der Waals surface area contributed by atoms with Crippen molar-refractivity contribution in [2.45, 2.75) is 26.9 Å². The Balaban J connectivity index is 2.03. The van der Waals surface area contributed by atoms with E-state index >= 15 is 0 Å². The third-order valence-electron chi connectivity index (χ3n) is 3.29. The van der Waals surface area contributed by atoms with Crippen LogP contribution in [0.4, 0.5) is 5.69 Å². The molecule has 0 unspecified atom stereocenters. The monoisotopic (exact) mass is 269 g/mol. The third kappa shape index (κ3) is 3.38. The number of carbonyl (C=O) groups excluding carboxylic acids is 1. The number of amides is 1. The predicted octanol–water partition coefficient (Wildman–Crippen LogP) is 3.71. The molecule has 1 N–H and O–H groups in total. The summed E-state index contributed by atoms with van der Waals surface area (Å²) >= 11 is 0. The zero-order valence-corrected chi connectivity index (χ0v) is 12.0. The molecule has 20 heavy (non-hydrogen) atoms. The Kier molecular flexibility index (Phi) is 4.41. The smallest absolute Gasteiger partial charge is 0.265 e. The molecule has 0 radical (unpaired) electrons. The van der Waals surface area contributed by atoms with Crippen LogP contribution in [0.15, 0.2) is 48.5 Å². The van der Waals surface area contributed by atoms with Gasteiger partial charge in [0.2, 0.25) is 0 Å². The van der Waals surface area contributed by atoms with Crippen molar-refractivity contribution < 1.29 is 9.53 Å². The quantitative estimate of drug-likeness (QED) is 0.919. The van der Waals surface area contributed by atoms with Gasteiger partial charge in [0.1, 0.15) is 5.75 Å². The second-order valence-corrected chi connectivity index (χ2v) is 4.81. The number of anilines is 1. The Hall–Kier alpha value is -2.29. The highest BCUT2D eigenvalue weighted by atomic mass is 16.5. The maximum absolute atomic E-state index is 12.1. The molecule has 0 aliphatic rings. The maximum atomic E-state index is 12.1. The topological polar surface area (TPSA) is 38.3 Å². The molecule has 1 atom stereocenters. The first kappa shape index (κ1) is 14.1. The fraction of sp³-hybridized carbons (Fsp3) is 0.235. The van der Waals surface area contributed by atoms with Crippen LogP contribution >= 0.6 is 0 Å². The molecule has 0 spiro atoms. The summed E-state index contributed by atoms with van der Waals surface area (Å²) in [6, 6.07) is 15.2. The van der Waals surface area contributed by atoms with E-state index in [1.165, 1.54) is 0 Å². The van der Waals surface area contributed by atoms with Crippen molar-refractivity contribution in [2.75, 3.05) is 5.32 Å². The van der Waals surface area contributed by atoms with Crippen LogP contribution < -0.4 is 10.1 Å². The molecule has 0 fully saturated rings. The molecule has 2 rings (SSSR count). The van der Waals surface area contributed by atoms with Gasteiger partial charge in [0.05, 0.1) is 0 Å². The molecular formula is C17H19NO2. The normalized spacial score (nSPS) is 11.8. The first-order chi connectivity index (χ1) is 9.58. The van der Waals surface area contributed by atoms with Crippen LogP contribution in [0.5, 0.6) is 5.75 Å². The Morgan fingerprint density at radius 3 is 2.45 bits per heavy atom. The second-order valence-electron chi connectivity index (χ2n) is 4.81. The van der Waals surface area contributed by atoms with Crippen molar-refractivity contribution in [3.63, 3.8) is 0 Å². The zero-order valence-electron chi connectivity index (χ0n) is 12.0. The van der Waals surface area contributed by atoms with Crippen molar-refractivity contribution in [3.8, 4) is 5.75 Å². The van der Waals surface area contributed by atoms with Gasteiger partial charge in [-0.25, -0.2) is 0 Å². The molecule has 3 nitrogen and oxygen atoms in total. The summed E-state index contributed by atoms with van der Waals surface area (Å²) in [7, 11) is 0. The van der Waals surface area contributed by atoms with Gasteiger partial charge in [0.25, 0.3) is 5.91 Å². The zero-order chi connectivity index (χ0) is 14.5. The average Bonchev–Trinajstić information content (AvgIpc) is 2.45. The van der Waals surface area contributed by atoms with Gasteiger partial charge >= 0.3 is 0 Å². The molecule has 0 aromatic heterocycles. The number of benzene rings is 2. The SMILES string of the molecule is Cc1cccc(NC(=O)[C@H](C)Oc2ccccc2)c1C. The number of aryl methyl sites for hydroxylation is 1. The minimum Gasteiger partial charge on any atom is -0.481 e. The van der Waals surface area contributed by atoms with E-state index in [2.05, 4.69) is 5.32 Å². The van der Waals surface area contributed by atoms with E-state index in [1.54, 1.807) is 6.92 Å². The van der Waals surface area contributed by atoms with E-state index in [0.717, 1.165) is 16.8 Å². The molecule has 0 aliphatic carbocycles. The highest BCUT2D eigenvalue weighted by Gasteiger charge is 2.15. The summed E-state index contributed by atoms with van der Waals surface area (Å²) in [6.45, 7) is 5.76. The number of ether oxygens (including phenoxy) is 1. The minimum absolute atomic E-state index is 0.150. The molecule has 0 heterocycles. The summed E-state index contributed by atoms with van der Waals surface area (Å²) in [4.78, 5) is 12.1. The van der Waals surface area contributed by atoms with Crippen LogP contribution in [-0.2, 0) is 4.79 Å². The third-order valence-corrected chi connectivity index (χ3v) is 3.29. The fourth-order valence-electron chi connectivity index (χ4n) is 1.88. The lowest BCUT2D eigenvalue weighted by Gasteiger charge is -2.16. The van der Waals surface area contributed by atoms with Crippen LogP contribution in [0.25, 0.3) is 0 Å².